The molecule has 2 aromatic heterocycles. The Morgan fingerprint density at radius 3 is 2.63 bits per heavy atom. The Morgan fingerprint density at radius 1 is 1.13 bits per heavy atom. The monoisotopic (exact) mass is 420 g/mol. The molecule has 3 saturated heterocycles. The normalized spacial score (nSPS) is 25.2. The van der Waals surface area contributed by atoms with Gasteiger partial charge in [-0.3, -0.25) is 14.5 Å². The molecule has 6 rings (SSSR count). The number of carbonyl (C=O) groups excluding carboxylic acids is 2. The molecule has 3 aliphatic rings. The van der Waals surface area contributed by atoms with Crippen molar-refractivity contribution in [3.8, 4) is 0 Å². The number of pyridine rings is 1. The Kier molecular flexibility index (Phi) is 5.00. The smallest absolute Gasteiger partial charge is 0.270 e. The van der Waals surface area contributed by atoms with E-state index in [1.165, 1.54) is 11.3 Å². The second-order valence-electron chi connectivity index (χ2n) is 8.15. The van der Waals surface area contributed by atoms with Crippen molar-refractivity contribution in [1.29, 1.82) is 0 Å². The summed E-state index contributed by atoms with van der Waals surface area (Å²) in [4.78, 5) is 32.4. The third-order valence-electron chi connectivity index (χ3n) is 6.45. The predicted octanol–water partition coefficient (Wildman–Crippen LogP) is 3.76. The first kappa shape index (κ1) is 19.2. The molecular formula is C23H24N4O2S. The number of nitrogens with one attached hydrogen (secondary N) is 2. The minimum atomic E-state index is -0.167. The van der Waals surface area contributed by atoms with Crippen LogP contribution in [-0.4, -0.2) is 46.9 Å². The second-order valence-corrected chi connectivity index (χ2v) is 9.06. The minimum absolute atomic E-state index is 0.144. The molecule has 0 unspecified atom stereocenters. The van der Waals surface area contributed by atoms with Crippen molar-refractivity contribution in [2.45, 2.75) is 31.8 Å². The highest BCUT2D eigenvalue weighted by Crippen LogP contribution is 2.33. The maximum Gasteiger partial charge on any atom is 0.270 e. The fourth-order valence-corrected chi connectivity index (χ4v) is 5.55. The number of rotatable bonds is 4. The van der Waals surface area contributed by atoms with Gasteiger partial charge in [-0.2, -0.15) is 0 Å². The lowest BCUT2D eigenvalue weighted by Crippen LogP contribution is -2.62. The maximum absolute atomic E-state index is 13.0. The van der Waals surface area contributed by atoms with Gasteiger partial charge in [-0.15, -0.1) is 11.3 Å². The van der Waals surface area contributed by atoms with Gasteiger partial charge in [-0.1, -0.05) is 18.2 Å². The van der Waals surface area contributed by atoms with Crippen LogP contribution < -0.4 is 10.6 Å². The summed E-state index contributed by atoms with van der Waals surface area (Å²) in [5, 5.41) is 8.93. The van der Waals surface area contributed by atoms with E-state index in [9.17, 15) is 9.59 Å². The second kappa shape index (κ2) is 7.81. The van der Waals surface area contributed by atoms with Gasteiger partial charge in [0.15, 0.2) is 0 Å². The Bertz CT molecular complexity index is 1090. The van der Waals surface area contributed by atoms with Crippen LogP contribution in [0.4, 0.5) is 5.69 Å². The number of nitrogens with zero attached hydrogens (tertiary/aromatic N) is 2. The van der Waals surface area contributed by atoms with Crippen LogP contribution in [0.5, 0.6) is 0 Å². The van der Waals surface area contributed by atoms with E-state index in [0.717, 1.165) is 36.0 Å². The maximum atomic E-state index is 13.0. The molecule has 2 atom stereocenters. The molecule has 5 heterocycles. The SMILES string of the molecule is C[C@H]1[C@H](NC(=O)c2cc3c(NC(=O)c4ccccc4)csc3cn2)C2CCN1CC2. The molecule has 2 bridgehead atoms. The predicted molar refractivity (Wildman–Crippen MR) is 119 cm³/mol. The molecule has 0 saturated carbocycles. The van der Waals surface area contributed by atoms with Gasteiger partial charge < -0.3 is 10.6 Å². The lowest BCUT2D eigenvalue weighted by atomic mass is 9.79. The van der Waals surface area contributed by atoms with Gasteiger partial charge in [-0.05, 0) is 57.0 Å². The standard InChI is InChI=1S/C23H24N4O2S/c1-14-21(15-7-9-27(14)10-8-15)26-23(29)18-11-17-19(13-30-20(17)12-24-18)25-22(28)16-5-3-2-4-6-16/h2-6,11-15,21H,7-10H2,1H3,(H,25,28)(H,26,29)/t14-,21-/m0/s1. The summed E-state index contributed by atoms with van der Waals surface area (Å²) in [6, 6.07) is 11.4. The zero-order valence-electron chi connectivity index (χ0n) is 16.8. The number of fused-ring (bicyclic) bond motifs is 4. The average Bonchev–Trinajstić information content (AvgIpc) is 3.19. The van der Waals surface area contributed by atoms with E-state index in [1.54, 1.807) is 24.4 Å². The number of thiophene rings is 1. The van der Waals surface area contributed by atoms with Crippen LogP contribution in [0.1, 0.15) is 40.6 Å². The molecule has 1 aromatic carbocycles. The lowest BCUT2D eigenvalue weighted by molar-refractivity contribution is 0.0216. The van der Waals surface area contributed by atoms with E-state index in [2.05, 4.69) is 27.4 Å². The van der Waals surface area contributed by atoms with Gasteiger partial charge in [0.25, 0.3) is 11.8 Å². The van der Waals surface area contributed by atoms with Crippen LogP contribution in [0.2, 0.25) is 0 Å². The van der Waals surface area contributed by atoms with Crippen molar-refractivity contribution in [3.05, 3.63) is 59.2 Å². The van der Waals surface area contributed by atoms with Crippen LogP contribution in [-0.2, 0) is 0 Å². The van der Waals surface area contributed by atoms with Crippen molar-refractivity contribution >= 4 is 38.9 Å². The minimum Gasteiger partial charge on any atom is -0.346 e. The number of anilines is 1. The molecule has 3 fully saturated rings. The van der Waals surface area contributed by atoms with Crippen LogP contribution in [0.25, 0.3) is 10.1 Å². The third-order valence-corrected chi connectivity index (χ3v) is 7.39. The molecule has 3 aromatic rings. The first-order valence-electron chi connectivity index (χ1n) is 10.4. The van der Waals surface area contributed by atoms with E-state index in [1.807, 2.05) is 23.6 Å². The number of hydrogen-bond acceptors (Lipinski definition) is 5. The third kappa shape index (κ3) is 3.48. The quantitative estimate of drug-likeness (QED) is 0.674. The molecule has 0 radical (unpaired) electrons. The average molecular weight is 421 g/mol. The zero-order valence-corrected chi connectivity index (χ0v) is 17.6. The lowest BCUT2D eigenvalue weighted by Gasteiger charge is -2.49. The molecule has 3 aliphatic heterocycles. The molecule has 2 N–H and O–H groups in total. The molecule has 6 nitrogen and oxygen atoms in total. The summed E-state index contributed by atoms with van der Waals surface area (Å²) in [7, 11) is 0. The molecule has 2 amide bonds. The van der Waals surface area contributed by atoms with Crippen LogP contribution in [0.3, 0.4) is 0 Å². The molecule has 154 valence electrons. The fourth-order valence-electron chi connectivity index (χ4n) is 4.71. The Balaban J connectivity index is 1.36. The highest BCUT2D eigenvalue weighted by Gasteiger charge is 2.40. The summed E-state index contributed by atoms with van der Waals surface area (Å²) in [5.74, 6) is 0.229. The zero-order chi connectivity index (χ0) is 20.7. The summed E-state index contributed by atoms with van der Waals surface area (Å²) in [6.07, 6.45) is 4.00. The van der Waals surface area contributed by atoms with E-state index >= 15 is 0 Å². The molecule has 0 spiro atoms. The van der Waals surface area contributed by atoms with Gasteiger partial charge in [0, 0.05) is 34.6 Å². The molecule has 30 heavy (non-hydrogen) atoms. The molecular weight excluding hydrogens is 396 g/mol. The summed E-state index contributed by atoms with van der Waals surface area (Å²) >= 11 is 1.50. The van der Waals surface area contributed by atoms with Gasteiger partial charge >= 0.3 is 0 Å². The van der Waals surface area contributed by atoms with Crippen LogP contribution in [0.15, 0.2) is 48.0 Å². The van der Waals surface area contributed by atoms with Crippen molar-refractivity contribution in [2.24, 2.45) is 5.92 Å². The van der Waals surface area contributed by atoms with E-state index in [-0.39, 0.29) is 17.9 Å². The number of benzene rings is 1. The van der Waals surface area contributed by atoms with Gasteiger partial charge in [0.1, 0.15) is 5.69 Å². The van der Waals surface area contributed by atoms with Gasteiger partial charge in [0.05, 0.1) is 10.4 Å². The molecule has 0 aliphatic carbocycles. The number of hydrogen-bond donors (Lipinski definition) is 2. The summed E-state index contributed by atoms with van der Waals surface area (Å²) < 4.78 is 0.936. The van der Waals surface area contributed by atoms with Crippen molar-refractivity contribution in [3.63, 3.8) is 0 Å². The first-order valence-corrected chi connectivity index (χ1v) is 11.3. The van der Waals surface area contributed by atoms with Crippen molar-refractivity contribution in [1.82, 2.24) is 15.2 Å². The highest BCUT2D eigenvalue weighted by atomic mass is 32.1. The largest absolute Gasteiger partial charge is 0.346 e. The first-order chi connectivity index (χ1) is 14.6. The Labute approximate surface area is 179 Å². The van der Waals surface area contributed by atoms with Crippen LogP contribution >= 0.6 is 11.3 Å². The van der Waals surface area contributed by atoms with E-state index in [4.69, 9.17) is 0 Å². The van der Waals surface area contributed by atoms with E-state index < -0.39 is 0 Å². The topological polar surface area (TPSA) is 74.3 Å². The summed E-state index contributed by atoms with van der Waals surface area (Å²) in [6.45, 7) is 4.45. The number of amides is 2. The Morgan fingerprint density at radius 2 is 1.90 bits per heavy atom. The molecule has 7 heteroatoms. The highest BCUT2D eigenvalue weighted by molar-refractivity contribution is 7.17. The Hall–Kier alpha value is -2.77. The van der Waals surface area contributed by atoms with E-state index in [0.29, 0.717) is 28.9 Å². The van der Waals surface area contributed by atoms with Crippen LogP contribution in [0, 0.1) is 5.92 Å². The number of aromatic nitrogens is 1. The number of piperidine rings is 3. The van der Waals surface area contributed by atoms with Gasteiger partial charge in [0.2, 0.25) is 0 Å². The fraction of sp³-hybridized carbons (Fsp3) is 0.348. The summed E-state index contributed by atoms with van der Waals surface area (Å²) in [5.41, 5.74) is 1.69. The van der Waals surface area contributed by atoms with Gasteiger partial charge in [-0.25, -0.2) is 4.98 Å². The van der Waals surface area contributed by atoms with Crippen molar-refractivity contribution in [2.75, 3.05) is 18.4 Å². The van der Waals surface area contributed by atoms with Crippen molar-refractivity contribution < 1.29 is 9.59 Å². The number of carbonyl (C=O) groups is 2.